The Balaban J connectivity index is 1.30. The summed E-state index contributed by atoms with van der Waals surface area (Å²) in [6.45, 7) is 4.00. The van der Waals surface area contributed by atoms with E-state index in [9.17, 15) is 18.7 Å². The number of nitrogens with one attached hydrogen (secondary N) is 1. The second-order valence-electron chi connectivity index (χ2n) is 10.6. The number of benzene rings is 2. The Hall–Kier alpha value is -3.26. The number of carbonyl (C=O) groups excluding carboxylic acids is 1. The summed E-state index contributed by atoms with van der Waals surface area (Å²) in [7, 11) is 0. The van der Waals surface area contributed by atoms with Gasteiger partial charge in [0, 0.05) is 13.1 Å². The zero-order valence-electron chi connectivity index (χ0n) is 19.7. The number of nitrogens with zero attached hydrogens (tertiary/aromatic N) is 3. The Morgan fingerprint density at radius 2 is 1.86 bits per heavy atom. The molecular formula is C27H28F2N4O2. The lowest BCUT2D eigenvalue weighted by Gasteiger charge is -2.38. The minimum atomic E-state index is -2.86. The third kappa shape index (κ3) is 3.08. The fourth-order valence-electron chi connectivity index (χ4n) is 6.11. The molecular weight excluding hydrogens is 450 g/mol. The molecule has 3 aromatic rings. The van der Waals surface area contributed by atoms with Gasteiger partial charge in [-0.2, -0.15) is 5.10 Å². The number of halogens is 2. The van der Waals surface area contributed by atoms with Crippen LogP contribution in [0.5, 0.6) is 0 Å². The highest BCUT2D eigenvalue weighted by atomic mass is 19.3. The average molecular weight is 479 g/mol. The van der Waals surface area contributed by atoms with Gasteiger partial charge in [0.25, 0.3) is 11.8 Å². The van der Waals surface area contributed by atoms with Crippen molar-refractivity contribution in [2.24, 2.45) is 5.92 Å². The molecule has 2 aromatic carbocycles. The lowest BCUT2D eigenvalue weighted by atomic mass is 9.89. The van der Waals surface area contributed by atoms with Crippen LogP contribution in [0.15, 0.2) is 60.8 Å². The molecule has 3 aliphatic rings. The quantitative estimate of drug-likeness (QED) is 0.586. The number of piperidine rings is 1. The molecule has 6 nitrogen and oxygen atoms in total. The van der Waals surface area contributed by atoms with Gasteiger partial charge >= 0.3 is 0 Å². The first-order valence-corrected chi connectivity index (χ1v) is 12.0. The Labute approximate surface area is 202 Å². The van der Waals surface area contributed by atoms with E-state index in [1.807, 2.05) is 22.9 Å². The maximum atomic E-state index is 14.9. The average Bonchev–Trinajstić information content (AvgIpc) is 3.27. The number of aliphatic hydroxyl groups excluding tert-OH is 1. The van der Waals surface area contributed by atoms with Gasteiger partial charge in [0.15, 0.2) is 0 Å². The molecule has 1 aromatic heterocycles. The summed E-state index contributed by atoms with van der Waals surface area (Å²) >= 11 is 0. The monoisotopic (exact) mass is 478 g/mol. The van der Waals surface area contributed by atoms with E-state index >= 15 is 0 Å². The van der Waals surface area contributed by atoms with Crippen LogP contribution in [-0.4, -0.2) is 44.7 Å². The summed E-state index contributed by atoms with van der Waals surface area (Å²) in [6, 6.07) is 16.7. The first kappa shape index (κ1) is 22.2. The van der Waals surface area contributed by atoms with E-state index < -0.39 is 17.3 Å². The molecule has 2 N–H and O–H groups in total. The zero-order valence-corrected chi connectivity index (χ0v) is 19.7. The van der Waals surface area contributed by atoms with Gasteiger partial charge in [-0.25, -0.2) is 13.5 Å². The van der Waals surface area contributed by atoms with Crippen molar-refractivity contribution in [2.45, 2.75) is 49.8 Å². The van der Waals surface area contributed by atoms with Crippen LogP contribution >= 0.6 is 0 Å². The summed E-state index contributed by atoms with van der Waals surface area (Å²) in [5.41, 5.74) is 1.02. The number of likely N-dealkylation sites (tertiary alicyclic amines) is 1. The Kier molecular flexibility index (Phi) is 4.68. The second-order valence-corrected chi connectivity index (χ2v) is 10.6. The molecule has 182 valence electrons. The molecule has 35 heavy (non-hydrogen) atoms. The van der Waals surface area contributed by atoms with Crippen LogP contribution in [0, 0.1) is 5.92 Å². The lowest BCUT2D eigenvalue weighted by Crippen LogP contribution is -2.40. The van der Waals surface area contributed by atoms with Crippen LogP contribution in [0.1, 0.15) is 53.4 Å². The van der Waals surface area contributed by atoms with Crippen molar-refractivity contribution in [3.8, 4) is 0 Å². The summed E-state index contributed by atoms with van der Waals surface area (Å²) in [5, 5.41) is 17.3. The number of aromatic nitrogens is 2. The predicted molar refractivity (Wildman–Crippen MR) is 127 cm³/mol. The normalized spacial score (nSPS) is 27.6. The van der Waals surface area contributed by atoms with E-state index in [1.54, 1.807) is 35.4 Å². The second kappa shape index (κ2) is 7.37. The molecule has 3 atom stereocenters. The first-order valence-electron chi connectivity index (χ1n) is 12.0. The molecule has 0 radical (unpaired) electrons. The molecule has 2 fully saturated rings. The number of rotatable bonds is 4. The molecule has 1 saturated carbocycles. The predicted octanol–water partition coefficient (Wildman–Crippen LogP) is 4.33. The van der Waals surface area contributed by atoms with Crippen LogP contribution < -0.4 is 5.32 Å². The molecule has 1 saturated heterocycles. The Bertz CT molecular complexity index is 1290. The summed E-state index contributed by atoms with van der Waals surface area (Å²) in [6.07, 6.45) is 2.36. The minimum absolute atomic E-state index is 0.00368. The third-order valence-corrected chi connectivity index (χ3v) is 8.12. The number of hydrogen-bond acceptors (Lipinski definition) is 4. The Morgan fingerprint density at radius 1 is 1.14 bits per heavy atom. The number of fused-ring (bicyclic) bond motifs is 2. The largest absolute Gasteiger partial charge is 0.392 e. The van der Waals surface area contributed by atoms with Gasteiger partial charge in [-0.1, -0.05) is 54.6 Å². The molecule has 2 aliphatic heterocycles. The zero-order chi connectivity index (χ0) is 24.6. The SMILES string of the molecule is CC1(C)C[C@H](c2ccccc2)Nc2c(C(=O)N3CC4C(F)(F)C4(c4ccc(CO)cc4)C3)cnn21. The third-order valence-electron chi connectivity index (χ3n) is 8.12. The molecule has 6 rings (SSSR count). The van der Waals surface area contributed by atoms with Crippen molar-refractivity contribution < 1.29 is 18.7 Å². The number of anilines is 1. The van der Waals surface area contributed by atoms with Crippen LogP contribution in [0.2, 0.25) is 0 Å². The van der Waals surface area contributed by atoms with Crippen molar-refractivity contribution in [3.05, 3.63) is 83.0 Å². The van der Waals surface area contributed by atoms with Crippen LogP contribution in [-0.2, 0) is 17.6 Å². The first-order chi connectivity index (χ1) is 16.7. The summed E-state index contributed by atoms with van der Waals surface area (Å²) in [5.74, 6) is -3.42. The summed E-state index contributed by atoms with van der Waals surface area (Å²) in [4.78, 5) is 15.2. The van der Waals surface area contributed by atoms with Gasteiger partial charge in [-0.15, -0.1) is 0 Å². The van der Waals surface area contributed by atoms with E-state index in [0.717, 1.165) is 12.0 Å². The fraction of sp³-hybridized carbons (Fsp3) is 0.407. The van der Waals surface area contributed by atoms with Gasteiger partial charge < -0.3 is 15.3 Å². The van der Waals surface area contributed by atoms with Gasteiger partial charge in [0.2, 0.25) is 0 Å². The highest BCUT2D eigenvalue weighted by Crippen LogP contribution is 2.70. The van der Waals surface area contributed by atoms with Crippen molar-refractivity contribution in [3.63, 3.8) is 0 Å². The number of amides is 1. The molecule has 1 aliphatic carbocycles. The molecule has 8 heteroatoms. The maximum absolute atomic E-state index is 14.9. The molecule has 3 heterocycles. The fourth-order valence-corrected chi connectivity index (χ4v) is 6.11. The van der Waals surface area contributed by atoms with E-state index in [4.69, 9.17) is 0 Å². The molecule has 2 unspecified atom stereocenters. The van der Waals surface area contributed by atoms with Crippen LogP contribution in [0.4, 0.5) is 14.6 Å². The van der Waals surface area contributed by atoms with Crippen LogP contribution in [0.3, 0.4) is 0 Å². The molecule has 0 spiro atoms. The number of alkyl halides is 2. The van der Waals surface area contributed by atoms with Gasteiger partial charge in [0.1, 0.15) is 11.4 Å². The van der Waals surface area contributed by atoms with Crippen molar-refractivity contribution in [1.82, 2.24) is 14.7 Å². The van der Waals surface area contributed by atoms with Gasteiger partial charge in [-0.3, -0.25) is 4.79 Å². The highest BCUT2D eigenvalue weighted by Gasteiger charge is 2.84. The molecule has 1 amide bonds. The molecule has 0 bridgehead atoms. The number of carbonyl (C=O) groups is 1. The topological polar surface area (TPSA) is 70.4 Å². The maximum Gasteiger partial charge on any atom is 0.265 e. The number of hydrogen-bond donors (Lipinski definition) is 2. The highest BCUT2D eigenvalue weighted by molar-refractivity contribution is 5.99. The number of aliphatic hydroxyl groups is 1. The van der Waals surface area contributed by atoms with Gasteiger partial charge in [-0.05, 0) is 37.0 Å². The Morgan fingerprint density at radius 3 is 2.54 bits per heavy atom. The van der Waals surface area contributed by atoms with E-state index in [-0.39, 0.29) is 37.2 Å². The van der Waals surface area contributed by atoms with Gasteiger partial charge in [0.05, 0.1) is 35.7 Å². The standard InChI is InChI=1S/C27H28F2N4O2/c1-25(2)12-21(18-6-4-3-5-7-18)31-23-20(13-30-33(23)25)24(35)32-14-22-26(16-32,27(22,28)29)19-10-8-17(15-34)9-11-19/h3-11,13,21-22,31,34H,12,14-16H2,1-2H3/t21-,22?,26?/m1/s1. The minimum Gasteiger partial charge on any atom is -0.392 e. The summed E-state index contributed by atoms with van der Waals surface area (Å²) < 4.78 is 31.7. The van der Waals surface area contributed by atoms with Crippen molar-refractivity contribution >= 4 is 11.7 Å². The van der Waals surface area contributed by atoms with E-state index in [0.29, 0.717) is 22.5 Å². The van der Waals surface area contributed by atoms with Crippen molar-refractivity contribution in [2.75, 3.05) is 18.4 Å². The van der Waals surface area contributed by atoms with E-state index in [1.165, 1.54) is 0 Å². The smallest absolute Gasteiger partial charge is 0.265 e. The van der Waals surface area contributed by atoms with E-state index in [2.05, 4.69) is 36.4 Å². The lowest BCUT2D eigenvalue weighted by molar-refractivity contribution is 0.0394. The van der Waals surface area contributed by atoms with Crippen LogP contribution in [0.25, 0.3) is 0 Å². The van der Waals surface area contributed by atoms with Crippen molar-refractivity contribution in [1.29, 1.82) is 0 Å².